The van der Waals surface area contributed by atoms with Gasteiger partial charge in [0.05, 0.1) is 5.71 Å². The van der Waals surface area contributed by atoms with Gasteiger partial charge in [-0.1, -0.05) is 23.2 Å². The van der Waals surface area contributed by atoms with Gasteiger partial charge in [0.15, 0.2) is 0 Å². The van der Waals surface area contributed by atoms with E-state index in [0.29, 0.717) is 28.6 Å². The average molecular weight is 377 g/mol. The highest BCUT2D eigenvalue weighted by molar-refractivity contribution is 6.35. The first-order chi connectivity index (χ1) is 11.9. The third kappa shape index (κ3) is 4.18. The Morgan fingerprint density at radius 1 is 1.08 bits per heavy atom. The fourth-order valence-corrected chi connectivity index (χ4v) is 3.15. The Hall–Kier alpha value is -2.37. The molecule has 0 radical (unpaired) electrons. The molecule has 5 nitrogen and oxygen atoms in total. The molecule has 0 bridgehead atoms. The van der Waals surface area contributed by atoms with Gasteiger partial charge in [0.2, 0.25) is 5.91 Å². The maximum Gasteiger partial charge on any atom is 0.308 e. The Morgan fingerprint density at radius 3 is 2.40 bits per heavy atom. The zero-order chi connectivity index (χ0) is 18.0. The predicted molar refractivity (Wildman–Crippen MR) is 97.1 cm³/mol. The summed E-state index contributed by atoms with van der Waals surface area (Å²) in [5, 5.41) is 5.13. The van der Waals surface area contributed by atoms with Crippen molar-refractivity contribution in [2.75, 3.05) is 0 Å². The molecule has 1 amide bonds. The number of carbonyl (C=O) groups excluding carboxylic acids is 2. The predicted octanol–water partition coefficient (Wildman–Crippen LogP) is 4.20. The van der Waals surface area contributed by atoms with Crippen LogP contribution in [0.2, 0.25) is 10.0 Å². The molecule has 1 N–H and O–H groups in total. The van der Waals surface area contributed by atoms with E-state index in [2.05, 4.69) is 10.5 Å². The molecule has 0 aromatic heterocycles. The monoisotopic (exact) mass is 376 g/mol. The minimum absolute atomic E-state index is 0.118. The molecule has 3 rings (SSSR count). The van der Waals surface area contributed by atoms with Gasteiger partial charge in [-0.2, -0.15) is 5.10 Å². The van der Waals surface area contributed by atoms with Crippen molar-refractivity contribution < 1.29 is 14.3 Å². The molecule has 0 saturated heterocycles. The number of benzene rings is 2. The van der Waals surface area contributed by atoms with Gasteiger partial charge in [0.1, 0.15) is 5.75 Å². The normalized spacial score (nSPS) is 13.9. The Kier molecular flexibility index (Phi) is 5.06. The molecule has 0 spiro atoms. The third-order valence-corrected chi connectivity index (χ3v) is 4.08. The van der Waals surface area contributed by atoms with Crippen molar-refractivity contribution in [2.45, 2.75) is 19.8 Å². The SMILES string of the molecule is CC(=O)Oc1ccc(C2=NNC(=O)CC2)c(-c2cc(Cl)cc(Cl)c2)c1. The largest absolute Gasteiger partial charge is 0.427 e. The molecular formula is C18H14Cl2N2O3. The van der Waals surface area contributed by atoms with Crippen LogP contribution in [0.25, 0.3) is 11.1 Å². The van der Waals surface area contributed by atoms with Gasteiger partial charge >= 0.3 is 5.97 Å². The van der Waals surface area contributed by atoms with Crippen LogP contribution in [0.15, 0.2) is 41.5 Å². The molecule has 0 unspecified atom stereocenters. The van der Waals surface area contributed by atoms with E-state index >= 15 is 0 Å². The maximum atomic E-state index is 11.3. The van der Waals surface area contributed by atoms with Crippen molar-refractivity contribution in [3.8, 4) is 16.9 Å². The van der Waals surface area contributed by atoms with Gasteiger partial charge in [-0.3, -0.25) is 9.59 Å². The van der Waals surface area contributed by atoms with E-state index in [0.717, 1.165) is 22.4 Å². The molecule has 0 atom stereocenters. The summed E-state index contributed by atoms with van der Waals surface area (Å²) < 4.78 is 5.18. The Morgan fingerprint density at radius 2 is 1.80 bits per heavy atom. The summed E-state index contributed by atoms with van der Waals surface area (Å²) in [5.74, 6) is -0.125. The number of rotatable bonds is 3. The first kappa shape index (κ1) is 17.5. The average Bonchev–Trinajstić information content (AvgIpc) is 2.54. The van der Waals surface area contributed by atoms with Crippen LogP contribution in [0, 0.1) is 0 Å². The van der Waals surface area contributed by atoms with Gasteiger partial charge in [0.25, 0.3) is 0 Å². The van der Waals surface area contributed by atoms with Crippen molar-refractivity contribution in [3.63, 3.8) is 0 Å². The molecule has 25 heavy (non-hydrogen) atoms. The number of ether oxygens (including phenoxy) is 1. The molecule has 1 aliphatic heterocycles. The molecule has 0 saturated carbocycles. The van der Waals surface area contributed by atoms with Gasteiger partial charge in [-0.15, -0.1) is 0 Å². The van der Waals surface area contributed by atoms with Crippen LogP contribution in [0.3, 0.4) is 0 Å². The summed E-state index contributed by atoms with van der Waals surface area (Å²) in [6.07, 6.45) is 0.875. The number of halogens is 2. The minimum atomic E-state index is -0.412. The smallest absolute Gasteiger partial charge is 0.308 e. The molecule has 0 fully saturated rings. The Balaban J connectivity index is 2.14. The lowest BCUT2D eigenvalue weighted by molar-refractivity contribution is -0.131. The van der Waals surface area contributed by atoms with Crippen LogP contribution < -0.4 is 10.2 Å². The summed E-state index contributed by atoms with van der Waals surface area (Å²) in [6.45, 7) is 1.34. The topological polar surface area (TPSA) is 67.8 Å². The standard InChI is InChI=1S/C18H14Cl2N2O3/c1-10(23)25-14-2-3-15(17-4-5-18(24)22-21-17)16(9-14)11-6-12(19)8-13(20)7-11/h2-3,6-9H,4-5H2,1H3,(H,22,24). The summed E-state index contributed by atoms with van der Waals surface area (Å²) >= 11 is 12.2. The maximum absolute atomic E-state index is 11.3. The van der Waals surface area contributed by atoms with Crippen molar-refractivity contribution in [1.82, 2.24) is 5.43 Å². The van der Waals surface area contributed by atoms with Gasteiger partial charge in [-0.25, -0.2) is 5.43 Å². The van der Waals surface area contributed by atoms with E-state index in [1.807, 2.05) is 0 Å². The van der Waals surface area contributed by atoms with Crippen molar-refractivity contribution >= 4 is 40.8 Å². The van der Waals surface area contributed by atoms with Crippen LogP contribution >= 0.6 is 23.2 Å². The molecule has 1 aliphatic rings. The lowest BCUT2D eigenvalue weighted by Crippen LogP contribution is -2.26. The second kappa shape index (κ2) is 7.25. The van der Waals surface area contributed by atoms with E-state index in [1.165, 1.54) is 6.92 Å². The number of hydrazone groups is 1. The highest BCUT2D eigenvalue weighted by Crippen LogP contribution is 2.33. The molecule has 2 aromatic rings. The lowest BCUT2D eigenvalue weighted by atomic mass is 9.94. The number of amides is 1. The van der Waals surface area contributed by atoms with E-state index < -0.39 is 5.97 Å². The molecular weight excluding hydrogens is 363 g/mol. The van der Waals surface area contributed by atoms with Crippen LogP contribution in [0.5, 0.6) is 5.75 Å². The van der Waals surface area contributed by atoms with E-state index in [-0.39, 0.29) is 5.91 Å². The zero-order valence-corrected chi connectivity index (χ0v) is 14.8. The Bertz CT molecular complexity index is 874. The van der Waals surface area contributed by atoms with E-state index in [4.69, 9.17) is 27.9 Å². The van der Waals surface area contributed by atoms with Crippen molar-refractivity contribution in [1.29, 1.82) is 0 Å². The van der Waals surface area contributed by atoms with Crippen LogP contribution in [-0.4, -0.2) is 17.6 Å². The molecule has 2 aromatic carbocycles. The summed E-state index contributed by atoms with van der Waals surface area (Å²) in [6, 6.07) is 10.4. The van der Waals surface area contributed by atoms with E-state index in [9.17, 15) is 9.59 Å². The lowest BCUT2D eigenvalue weighted by Gasteiger charge is -2.17. The zero-order valence-electron chi connectivity index (χ0n) is 13.3. The first-order valence-corrected chi connectivity index (χ1v) is 8.32. The molecule has 1 heterocycles. The van der Waals surface area contributed by atoms with Crippen molar-refractivity contribution in [3.05, 3.63) is 52.0 Å². The fourth-order valence-electron chi connectivity index (χ4n) is 2.62. The number of esters is 1. The van der Waals surface area contributed by atoms with Crippen LogP contribution in [0.4, 0.5) is 0 Å². The van der Waals surface area contributed by atoms with Crippen LogP contribution in [0.1, 0.15) is 25.3 Å². The molecule has 7 heteroatoms. The quantitative estimate of drug-likeness (QED) is 0.644. The fraction of sp³-hybridized carbons (Fsp3) is 0.167. The summed E-state index contributed by atoms with van der Waals surface area (Å²) in [4.78, 5) is 22.6. The first-order valence-electron chi connectivity index (χ1n) is 7.57. The number of nitrogens with one attached hydrogen (secondary N) is 1. The molecule has 128 valence electrons. The summed E-state index contributed by atoms with van der Waals surface area (Å²) in [7, 11) is 0. The van der Waals surface area contributed by atoms with Gasteiger partial charge in [-0.05, 0) is 47.5 Å². The highest BCUT2D eigenvalue weighted by atomic mass is 35.5. The number of hydrogen-bond acceptors (Lipinski definition) is 4. The number of carbonyl (C=O) groups is 2. The second-order valence-electron chi connectivity index (χ2n) is 5.55. The number of nitrogens with zero attached hydrogens (tertiary/aromatic N) is 1. The van der Waals surface area contributed by atoms with Crippen LogP contribution in [-0.2, 0) is 9.59 Å². The second-order valence-corrected chi connectivity index (χ2v) is 6.43. The van der Waals surface area contributed by atoms with Crippen molar-refractivity contribution in [2.24, 2.45) is 5.10 Å². The molecule has 0 aliphatic carbocycles. The van der Waals surface area contributed by atoms with Gasteiger partial charge < -0.3 is 4.74 Å². The van der Waals surface area contributed by atoms with E-state index in [1.54, 1.807) is 36.4 Å². The van der Waals surface area contributed by atoms with Gasteiger partial charge in [0, 0.05) is 35.4 Å². The third-order valence-electron chi connectivity index (χ3n) is 3.64. The minimum Gasteiger partial charge on any atom is -0.427 e. The highest BCUT2D eigenvalue weighted by Gasteiger charge is 2.18. The Labute approximate surface area is 154 Å². The summed E-state index contributed by atoms with van der Waals surface area (Å²) in [5.41, 5.74) is 5.57. The number of hydrogen-bond donors (Lipinski definition) is 1.